The van der Waals surface area contributed by atoms with Crippen LogP contribution in [-0.4, -0.2) is 51.2 Å². The molecule has 3 fully saturated rings. The molecule has 0 N–H and O–H groups in total. The summed E-state index contributed by atoms with van der Waals surface area (Å²) >= 11 is 0. The molecular weight excluding hydrogens is 461 g/mol. The van der Waals surface area contributed by atoms with Gasteiger partial charge in [-0.05, 0) is 66.8 Å². The van der Waals surface area contributed by atoms with Gasteiger partial charge in [0.05, 0.1) is 11.4 Å². The third-order valence-corrected chi connectivity index (χ3v) is 9.33. The van der Waals surface area contributed by atoms with E-state index in [1.54, 1.807) is 0 Å². The third-order valence-electron chi connectivity index (χ3n) is 9.33. The Balaban J connectivity index is 1.09. The second kappa shape index (κ2) is 8.06. The predicted molar refractivity (Wildman–Crippen MR) is 145 cm³/mol. The van der Waals surface area contributed by atoms with Gasteiger partial charge in [0.25, 0.3) is 0 Å². The highest BCUT2D eigenvalue weighted by atomic mass is 19.1. The molecule has 0 radical (unpaired) electrons. The molecule has 1 spiro atoms. The van der Waals surface area contributed by atoms with Crippen molar-refractivity contribution in [2.24, 2.45) is 5.41 Å². The number of imidazole rings is 1. The van der Waals surface area contributed by atoms with Crippen LogP contribution in [0.4, 0.5) is 10.1 Å². The number of hydrogen-bond acceptors (Lipinski definition) is 3. The summed E-state index contributed by atoms with van der Waals surface area (Å²) in [5, 5.41) is 0. The molecule has 0 unspecified atom stereocenters. The van der Waals surface area contributed by atoms with Gasteiger partial charge in [-0.1, -0.05) is 25.0 Å². The van der Waals surface area contributed by atoms with Gasteiger partial charge in [0, 0.05) is 74.0 Å². The van der Waals surface area contributed by atoms with Gasteiger partial charge in [-0.15, -0.1) is 0 Å². The van der Waals surface area contributed by atoms with E-state index >= 15 is 0 Å². The fraction of sp³-hybridized carbons (Fsp3) is 0.387. The maximum absolute atomic E-state index is 13.5. The lowest BCUT2D eigenvalue weighted by atomic mass is 9.78. The summed E-state index contributed by atoms with van der Waals surface area (Å²) in [6, 6.07) is 16.8. The zero-order valence-corrected chi connectivity index (χ0v) is 21.1. The topological polar surface area (TPSA) is 29.2 Å². The number of likely N-dealkylation sites (tertiary alicyclic amines) is 1. The van der Waals surface area contributed by atoms with E-state index in [1.165, 1.54) is 80.8 Å². The maximum Gasteiger partial charge on any atom is 0.161 e. The van der Waals surface area contributed by atoms with Crippen molar-refractivity contribution in [1.82, 2.24) is 19.0 Å². The number of anilines is 1. The van der Waals surface area contributed by atoms with Crippen LogP contribution >= 0.6 is 0 Å². The molecule has 0 bridgehead atoms. The van der Waals surface area contributed by atoms with Crippen molar-refractivity contribution >= 4 is 5.69 Å². The number of halogens is 1. The van der Waals surface area contributed by atoms with Gasteiger partial charge in [-0.2, -0.15) is 0 Å². The molecule has 2 aromatic carbocycles. The van der Waals surface area contributed by atoms with Crippen LogP contribution in [0, 0.1) is 11.2 Å². The summed E-state index contributed by atoms with van der Waals surface area (Å²) < 4.78 is 18.0. The van der Waals surface area contributed by atoms with Crippen LogP contribution in [0.25, 0.3) is 28.3 Å². The number of aromatic nitrogens is 3. The molecule has 2 aromatic heterocycles. The molecule has 4 aliphatic rings. The summed E-state index contributed by atoms with van der Waals surface area (Å²) in [5.74, 6) is 0.736. The van der Waals surface area contributed by atoms with Crippen LogP contribution in [0.5, 0.6) is 0 Å². The standard InChI is InChI=1S/C31H32FN5/c32-25-7-5-22(6-8-25)23-16-29-30-33-12-14-37(30)28-10-9-27(15-24(28)18-35(29)17-23)34-13-11-31(19-34)20-36(21-31)26-3-1-2-4-26/h5-10,12,14-17,26H,1-4,11,13,18-21H2. The van der Waals surface area contributed by atoms with Gasteiger partial charge >= 0.3 is 0 Å². The van der Waals surface area contributed by atoms with E-state index in [4.69, 9.17) is 4.98 Å². The minimum atomic E-state index is -0.210. The Morgan fingerprint density at radius 3 is 2.59 bits per heavy atom. The molecule has 2 saturated heterocycles. The Bertz CT molecular complexity index is 1470. The first kappa shape index (κ1) is 21.7. The summed E-state index contributed by atoms with van der Waals surface area (Å²) in [4.78, 5) is 10.1. The predicted octanol–water partition coefficient (Wildman–Crippen LogP) is 5.96. The normalized spacial score (nSPS) is 20.5. The van der Waals surface area contributed by atoms with Gasteiger partial charge in [-0.3, -0.25) is 9.47 Å². The van der Waals surface area contributed by atoms with E-state index in [0.717, 1.165) is 41.8 Å². The van der Waals surface area contributed by atoms with E-state index in [9.17, 15) is 4.39 Å². The molecule has 1 aliphatic carbocycles. The molecule has 188 valence electrons. The number of rotatable bonds is 3. The fourth-order valence-corrected chi connectivity index (χ4v) is 7.39. The van der Waals surface area contributed by atoms with E-state index in [2.05, 4.69) is 55.6 Å². The van der Waals surface area contributed by atoms with Gasteiger partial charge in [0.2, 0.25) is 0 Å². The SMILES string of the molecule is Fc1ccc(-c2cc3n(c2)Cc2cc(N4CCC5(C4)CN(C4CCCC4)C5)ccc2-n2ccnc2-3)cc1. The Morgan fingerprint density at radius 2 is 1.76 bits per heavy atom. The zero-order valence-electron chi connectivity index (χ0n) is 21.1. The molecule has 0 amide bonds. The smallest absolute Gasteiger partial charge is 0.161 e. The molecule has 3 aliphatic heterocycles. The van der Waals surface area contributed by atoms with Crippen LogP contribution < -0.4 is 4.90 Å². The Morgan fingerprint density at radius 1 is 0.919 bits per heavy atom. The van der Waals surface area contributed by atoms with Crippen molar-refractivity contribution in [2.45, 2.75) is 44.7 Å². The fourth-order valence-electron chi connectivity index (χ4n) is 7.39. The lowest BCUT2D eigenvalue weighted by Crippen LogP contribution is -2.60. The lowest BCUT2D eigenvalue weighted by molar-refractivity contribution is -0.0144. The van der Waals surface area contributed by atoms with E-state index in [1.807, 2.05) is 18.3 Å². The highest BCUT2D eigenvalue weighted by Gasteiger charge is 2.49. The van der Waals surface area contributed by atoms with E-state index in [-0.39, 0.29) is 5.82 Å². The number of benzene rings is 2. The van der Waals surface area contributed by atoms with Crippen LogP contribution in [0.2, 0.25) is 0 Å². The highest BCUT2D eigenvalue weighted by molar-refractivity contribution is 5.72. The number of hydrogen-bond donors (Lipinski definition) is 0. The van der Waals surface area contributed by atoms with Crippen molar-refractivity contribution in [3.63, 3.8) is 0 Å². The van der Waals surface area contributed by atoms with Crippen molar-refractivity contribution in [1.29, 1.82) is 0 Å². The second-order valence-electron chi connectivity index (χ2n) is 11.7. The van der Waals surface area contributed by atoms with E-state index in [0.29, 0.717) is 5.41 Å². The first-order valence-corrected chi connectivity index (χ1v) is 13.8. The lowest BCUT2D eigenvalue weighted by Gasteiger charge is -2.51. The van der Waals surface area contributed by atoms with Gasteiger partial charge in [0.1, 0.15) is 5.82 Å². The van der Waals surface area contributed by atoms with Gasteiger partial charge in [0.15, 0.2) is 5.82 Å². The molecule has 5 heterocycles. The molecule has 8 rings (SSSR count). The van der Waals surface area contributed by atoms with Gasteiger partial charge < -0.3 is 9.47 Å². The quantitative estimate of drug-likeness (QED) is 0.310. The molecular formula is C31H32FN5. The first-order valence-electron chi connectivity index (χ1n) is 13.8. The van der Waals surface area contributed by atoms with Crippen molar-refractivity contribution in [3.05, 3.63) is 78.5 Å². The number of nitrogens with zero attached hydrogens (tertiary/aromatic N) is 5. The number of fused-ring (bicyclic) bond motifs is 5. The molecule has 6 heteroatoms. The van der Waals surface area contributed by atoms with Crippen molar-refractivity contribution < 1.29 is 4.39 Å². The zero-order chi connectivity index (χ0) is 24.6. The maximum atomic E-state index is 13.5. The largest absolute Gasteiger partial charge is 0.371 e. The van der Waals surface area contributed by atoms with Gasteiger partial charge in [-0.25, -0.2) is 9.37 Å². The van der Waals surface area contributed by atoms with Crippen LogP contribution in [0.15, 0.2) is 67.1 Å². The van der Waals surface area contributed by atoms with Crippen molar-refractivity contribution in [2.75, 3.05) is 31.1 Å². The third kappa shape index (κ3) is 3.49. The minimum absolute atomic E-state index is 0.210. The molecule has 4 aromatic rings. The Hall–Kier alpha value is -3.38. The summed E-state index contributed by atoms with van der Waals surface area (Å²) in [7, 11) is 0. The monoisotopic (exact) mass is 493 g/mol. The molecule has 0 atom stereocenters. The van der Waals surface area contributed by atoms with Crippen LogP contribution in [0.1, 0.15) is 37.7 Å². The average Bonchev–Trinajstić information content (AvgIpc) is 3.69. The van der Waals surface area contributed by atoms with Crippen molar-refractivity contribution in [3.8, 4) is 28.3 Å². The first-order chi connectivity index (χ1) is 18.1. The molecule has 37 heavy (non-hydrogen) atoms. The summed E-state index contributed by atoms with van der Waals surface area (Å²) in [5.41, 5.74) is 7.53. The minimum Gasteiger partial charge on any atom is -0.371 e. The van der Waals surface area contributed by atoms with E-state index < -0.39 is 0 Å². The molecule has 5 nitrogen and oxygen atoms in total. The average molecular weight is 494 g/mol. The Labute approximate surface area is 217 Å². The second-order valence-corrected chi connectivity index (χ2v) is 11.7. The summed E-state index contributed by atoms with van der Waals surface area (Å²) in [6.07, 6.45) is 13.1. The molecule has 1 saturated carbocycles. The Kier molecular flexibility index (Phi) is 4.72. The highest BCUT2D eigenvalue weighted by Crippen LogP contribution is 2.44. The summed E-state index contributed by atoms with van der Waals surface area (Å²) in [6.45, 7) is 5.69. The van der Waals surface area contributed by atoms with Crippen LogP contribution in [-0.2, 0) is 6.54 Å². The van der Waals surface area contributed by atoms with Crippen LogP contribution in [0.3, 0.4) is 0 Å².